The molecule has 2 N–H and O–H groups in total. The quantitative estimate of drug-likeness (QED) is 0.830. The summed E-state index contributed by atoms with van der Waals surface area (Å²) in [4.78, 5) is 11.9. The first-order chi connectivity index (χ1) is 9.10. The second-order valence-electron chi connectivity index (χ2n) is 4.16. The normalized spacial score (nSPS) is 10.2. The Bertz CT molecular complexity index is 594. The zero-order chi connectivity index (χ0) is 13.8. The SMILES string of the molecule is CCc1ccc(C(=O)Nc2ccc(O)cc2)cc1F. The van der Waals surface area contributed by atoms with Gasteiger partial charge in [0.05, 0.1) is 0 Å². The van der Waals surface area contributed by atoms with Crippen LogP contribution in [0.25, 0.3) is 0 Å². The average Bonchev–Trinajstić information content (AvgIpc) is 2.41. The van der Waals surface area contributed by atoms with Crippen molar-refractivity contribution in [3.8, 4) is 5.75 Å². The number of hydrogen-bond acceptors (Lipinski definition) is 2. The van der Waals surface area contributed by atoms with Gasteiger partial charge in [-0.2, -0.15) is 0 Å². The predicted molar refractivity (Wildman–Crippen MR) is 71.8 cm³/mol. The molecule has 0 heterocycles. The lowest BCUT2D eigenvalue weighted by atomic mass is 10.1. The molecule has 0 aliphatic heterocycles. The van der Waals surface area contributed by atoms with Gasteiger partial charge in [0.1, 0.15) is 11.6 Å². The molecule has 0 aliphatic carbocycles. The van der Waals surface area contributed by atoms with E-state index in [1.807, 2.05) is 6.92 Å². The van der Waals surface area contributed by atoms with Gasteiger partial charge < -0.3 is 10.4 Å². The summed E-state index contributed by atoms with van der Waals surface area (Å²) in [6.07, 6.45) is 0.589. The molecule has 1 amide bonds. The first kappa shape index (κ1) is 13.1. The summed E-state index contributed by atoms with van der Waals surface area (Å²) in [5, 5.41) is 11.8. The summed E-state index contributed by atoms with van der Waals surface area (Å²) < 4.78 is 13.6. The third kappa shape index (κ3) is 3.10. The number of aromatic hydroxyl groups is 1. The Morgan fingerprint density at radius 2 is 1.89 bits per heavy atom. The van der Waals surface area contributed by atoms with Crippen molar-refractivity contribution in [1.82, 2.24) is 0 Å². The van der Waals surface area contributed by atoms with Crippen LogP contribution in [0.2, 0.25) is 0 Å². The maximum absolute atomic E-state index is 13.6. The molecule has 0 spiro atoms. The van der Waals surface area contributed by atoms with Crippen LogP contribution in [-0.2, 0) is 6.42 Å². The Balaban J connectivity index is 2.16. The lowest BCUT2D eigenvalue weighted by Crippen LogP contribution is -2.12. The van der Waals surface area contributed by atoms with Crippen LogP contribution >= 0.6 is 0 Å². The minimum Gasteiger partial charge on any atom is -0.508 e. The maximum Gasteiger partial charge on any atom is 0.255 e. The highest BCUT2D eigenvalue weighted by Gasteiger charge is 2.09. The van der Waals surface area contributed by atoms with Gasteiger partial charge in [0.25, 0.3) is 5.91 Å². The molecule has 98 valence electrons. The minimum absolute atomic E-state index is 0.122. The third-order valence-electron chi connectivity index (χ3n) is 2.82. The van der Waals surface area contributed by atoms with Crippen molar-refractivity contribution < 1.29 is 14.3 Å². The number of carbonyl (C=O) groups excluding carboxylic acids is 1. The number of phenols is 1. The fourth-order valence-electron chi connectivity index (χ4n) is 1.72. The van der Waals surface area contributed by atoms with Crippen molar-refractivity contribution in [2.45, 2.75) is 13.3 Å². The van der Waals surface area contributed by atoms with Gasteiger partial charge in [-0.25, -0.2) is 4.39 Å². The van der Waals surface area contributed by atoms with E-state index in [4.69, 9.17) is 5.11 Å². The van der Waals surface area contributed by atoms with Crippen molar-refractivity contribution >= 4 is 11.6 Å². The molecule has 2 aromatic carbocycles. The van der Waals surface area contributed by atoms with Crippen LogP contribution in [0.4, 0.5) is 10.1 Å². The molecule has 0 bridgehead atoms. The van der Waals surface area contributed by atoms with Crippen molar-refractivity contribution in [1.29, 1.82) is 0 Å². The molecule has 0 fully saturated rings. The van der Waals surface area contributed by atoms with Crippen LogP contribution in [0, 0.1) is 5.82 Å². The predicted octanol–water partition coefficient (Wildman–Crippen LogP) is 3.35. The number of phenolic OH excluding ortho intramolecular Hbond substituents is 1. The molecule has 3 nitrogen and oxygen atoms in total. The number of carbonyl (C=O) groups is 1. The number of hydrogen-bond donors (Lipinski definition) is 2. The van der Waals surface area contributed by atoms with Gasteiger partial charge in [-0.05, 0) is 48.4 Å². The first-order valence-electron chi connectivity index (χ1n) is 5.99. The van der Waals surface area contributed by atoms with Gasteiger partial charge in [0.2, 0.25) is 0 Å². The first-order valence-corrected chi connectivity index (χ1v) is 5.99. The van der Waals surface area contributed by atoms with E-state index >= 15 is 0 Å². The van der Waals surface area contributed by atoms with Crippen molar-refractivity contribution in [2.75, 3.05) is 5.32 Å². The molecule has 0 saturated carbocycles. The molecule has 0 aromatic heterocycles. The van der Waals surface area contributed by atoms with Crippen molar-refractivity contribution in [3.05, 3.63) is 59.4 Å². The van der Waals surface area contributed by atoms with Crippen LogP contribution in [0.3, 0.4) is 0 Å². The van der Waals surface area contributed by atoms with E-state index in [-0.39, 0.29) is 23.0 Å². The highest BCUT2D eigenvalue weighted by Crippen LogP contribution is 2.16. The number of nitrogens with one attached hydrogen (secondary N) is 1. The Kier molecular flexibility index (Phi) is 3.80. The van der Waals surface area contributed by atoms with Gasteiger partial charge >= 0.3 is 0 Å². The highest BCUT2D eigenvalue weighted by molar-refractivity contribution is 6.04. The van der Waals surface area contributed by atoms with Crippen molar-refractivity contribution in [2.24, 2.45) is 0 Å². The Hall–Kier alpha value is -2.36. The van der Waals surface area contributed by atoms with E-state index in [2.05, 4.69) is 5.32 Å². The number of rotatable bonds is 3. The Morgan fingerprint density at radius 3 is 2.47 bits per heavy atom. The molecule has 0 atom stereocenters. The van der Waals surface area contributed by atoms with Gasteiger partial charge in [-0.1, -0.05) is 13.0 Å². The summed E-state index contributed by atoms with van der Waals surface area (Å²) in [5.74, 6) is -0.635. The number of halogens is 1. The topological polar surface area (TPSA) is 49.3 Å². The molecule has 0 aliphatic rings. The van der Waals surface area contributed by atoms with Crippen LogP contribution < -0.4 is 5.32 Å². The van der Waals surface area contributed by atoms with E-state index in [1.165, 1.54) is 18.2 Å². The summed E-state index contributed by atoms with van der Waals surface area (Å²) in [6.45, 7) is 1.86. The van der Waals surface area contributed by atoms with E-state index in [0.717, 1.165) is 0 Å². The van der Waals surface area contributed by atoms with Gasteiger partial charge in [-0.3, -0.25) is 4.79 Å². The standard InChI is InChI=1S/C15H14FNO2/c1-2-10-3-4-11(9-14(10)16)15(19)17-12-5-7-13(18)8-6-12/h3-9,18H,2H2,1H3,(H,17,19). The lowest BCUT2D eigenvalue weighted by molar-refractivity contribution is 0.102. The van der Waals surface area contributed by atoms with E-state index in [0.29, 0.717) is 17.7 Å². The summed E-state index contributed by atoms with van der Waals surface area (Å²) in [5.41, 5.74) is 1.40. The van der Waals surface area contributed by atoms with E-state index in [9.17, 15) is 9.18 Å². The number of aryl methyl sites for hydroxylation is 1. The second kappa shape index (κ2) is 5.52. The molecule has 19 heavy (non-hydrogen) atoms. The fraction of sp³-hybridized carbons (Fsp3) is 0.133. The maximum atomic E-state index is 13.6. The lowest BCUT2D eigenvalue weighted by Gasteiger charge is -2.07. The number of anilines is 1. The summed E-state index contributed by atoms with van der Waals surface area (Å²) in [6, 6.07) is 10.5. The summed E-state index contributed by atoms with van der Waals surface area (Å²) >= 11 is 0. The molecule has 2 rings (SSSR count). The Labute approximate surface area is 110 Å². The van der Waals surface area contributed by atoms with Gasteiger partial charge in [0, 0.05) is 11.3 Å². The third-order valence-corrected chi connectivity index (χ3v) is 2.82. The minimum atomic E-state index is -0.382. The monoisotopic (exact) mass is 259 g/mol. The van der Waals surface area contributed by atoms with Gasteiger partial charge in [0.15, 0.2) is 0 Å². The molecule has 0 unspecified atom stereocenters. The zero-order valence-electron chi connectivity index (χ0n) is 10.5. The number of amides is 1. The van der Waals surface area contributed by atoms with Crippen molar-refractivity contribution in [3.63, 3.8) is 0 Å². The largest absolute Gasteiger partial charge is 0.508 e. The fourth-order valence-corrected chi connectivity index (χ4v) is 1.72. The molecular weight excluding hydrogens is 245 g/mol. The average molecular weight is 259 g/mol. The molecule has 0 radical (unpaired) electrons. The van der Waals surface area contributed by atoms with Crippen LogP contribution in [0.5, 0.6) is 5.75 Å². The highest BCUT2D eigenvalue weighted by atomic mass is 19.1. The molecule has 4 heteroatoms. The second-order valence-corrected chi connectivity index (χ2v) is 4.16. The van der Waals surface area contributed by atoms with E-state index < -0.39 is 0 Å². The zero-order valence-corrected chi connectivity index (χ0v) is 10.5. The number of benzene rings is 2. The smallest absolute Gasteiger partial charge is 0.255 e. The van der Waals surface area contributed by atoms with Crippen LogP contribution in [-0.4, -0.2) is 11.0 Å². The van der Waals surface area contributed by atoms with E-state index in [1.54, 1.807) is 24.3 Å². The summed E-state index contributed by atoms with van der Waals surface area (Å²) in [7, 11) is 0. The van der Waals surface area contributed by atoms with Crippen LogP contribution in [0.1, 0.15) is 22.8 Å². The molecular formula is C15H14FNO2. The molecule has 0 saturated heterocycles. The van der Waals surface area contributed by atoms with Gasteiger partial charge in [-0.15, -0.1) is 0 Å². The van der Waals surface area contributed by atoms with Crippen LogP contribution in [0.15, 0.2) is 42.5 Å². The molecule has 2 aromatic rings. The Morgan fingerprint density at radius 1 is 1.21 bits per heavy atom.